The van der Waals surface area contributed by atoms with Gasteiger partial charge in [0.1, 0.15) is 0 Å². The van der Waals surface area contributed by atoms with Crippen LogP contribution in [0, 0.1) is 13.8 Å². The second kappa shape index (κ2) is 6.64. The van der Waals surface area contributed by atoms with Gasteiger partial charge in [-0.2, -0.15) is 5.10 Å². The first-order valence-electron chi connectivity index (χ1n) is 7.60. The fourth-order valence-corrected chi connectivity index (χ4v) is 2.60. The van der Waals surface area contributed by atoms with Crippen molar-refractivity contribution in [1.29, 1.82) is 0 Å². The van der Waals surface area contributed by atoms with Crippen LogP contribution in [0.25, 0.3) is 0 Å². The first-order chi connectivity index (χ1) is 10.4. The molecule has 0 saturated carbocycles. The van der Waals surface area contributed by atoms with Gasteiger partial charge in [0.05, 0.1) is 17.1 Å². The first-order valence-corrected chi connectivity index (χ1v) is 7.60. The van der Waals surface area contributed by atoms with E-state index >= 15 is 0 Å². The van der Waals surface area contributed by atoms with Crippen molar-refractivity contribution in [3.8, 4) is 0 Å². The zero-order valence-corrected chi connectivity index (χ0v) is 13.9. The highest BCUT2D eigenvalue weighted by atomic mass is 16.1. The minimum Gasteiger partial charge on any atom is -0.376 e. The van der Waals surface area contributed by atoms with Gasteiger partial charge >= 0.3 is 0 Å². The van der Waals surface area contributed by atoms with Gasteiger partial charge in [-0.15, -0.1) is 0 Å². The predicted molar refractivity (Wildman–Crippen MR) is 90.2 cm³/mol. The zero-order valence-electron chi connectivity index (χ0n) is 13.9. The zero-order chi connectivity index (χ0) is 16.3. The van der Waals surface area contributed by atoms with Gasteiger partial charge < -0.3 is 10.6 Å². The van der Waals surface area contributed by atoms with Gasteiger partial charge in [-0.1, -0.05) is 12.1 Å². The van der Waals surface area contributed by atoms with Gasteiger partial charge in [-0.05, 0) is 45.4 Å². The van der Waals surface area contributed by atoms with Gasteiger partial charge in [0.25, 0.3) is 0 Å². The van der Waals surface area contributed by atoms with Crippen LogP contribution in [0.1, 0.15) is 43.8 Å². The molecule has 1 amide bonds. The molecule has 118 valence electrons. The molecule has 1 atom stereocenters. The molecule has 0 aliphatic heterocycles. The molecule has 2 rings (SSSR count). The maximum Gasteiger partial charge on any atom is 0.221 e. The lowest BCUT2D eigenvalue weighted by molar-refractivity contribution is -0.114. The fraction of sp³-hybridized carbons (Fsp3) is 0.412. The van der Waals surface area contributed by atoms with Gasteiger partial charge in [-0.25, -0.2) is 0 Å². The third kappa shape index (κ3) is 3.47. The summed E-state index contributed by atoms with van der Waals surface area (Å²) in [6.07, 6.45) is 0. The van der Waals surface area contributed by atoms with Crippen molar-refractivity contribution in [3.05, 3.63) is 41.2 Å². The number of carbonyl (C=O) groups is 1. The molecule has 0 aliphatic carbocycles. The molecule has 0 bridgehead atoms. The topological polar surface area (TPSA) is 59.0 Å². The fourth-order valence-electron chi connectivity index (χ4n) is 2.60. The lowest BCUT2D eigenvalue weighted by atomic mass is 10.1. The Balaban J connectivity index is 2.20. The largest absolute Gasteiger partial charge is 0.376 e. The van der Waals surface area contributed by atoms with E-state index in [1.165, 1.54) is 6.92 Å². The van der Waals surface area contributed by atoms with Crippen molar-refractivity contribution in [3.63, 3.8) is 0 Å². The molecule has 5 heteroatoms. The standard InChI is InChI=1S/C17H24N4O/c1-6-21-13(4)17(12(3)20-21)18-11(2)15-8-7-9-16(10-15)19-14(5)22/h7-11,18H,6H2,1-5H3,(H,19,22)/t11-/m0/s1. The highest BCUT2D eigenvalue weighted by Crippen LogP contribution is 2.26. The first kappa shape index (κ1) is 16.1. The van der Waals surface area contributed by atoms with Crippen molar-refractivity contribution in [2.75, 3.05) is 10.6 Å². The minimum absolute atomic E-state index is 0.0614. The average molecular weight is 300 g/mol. The number of amides is 1. The summed E-state index contributed by atoms with van der Waals surface area (Å²) in [6.45, 7) is 10.7. The summed E-state index contributed by atoms with van der Waals surface area (Å²) in [5, 5.41) is 10.9. The van der Waals surface area contributed by atoms with Crippen LogP contribution in [-0.2, 0) is 11.3 Å². The van der Waals surface area contributed by atoms with E-state index in [4.69, 9.17) is 0 Å². The smallest absolute Gasteiger partial charge is 0.221 e. The molecule has 0 saturated heterocycles. The van der Waals surface area contributed by atoms with Crippen LogP contribution in [0.15, 0.2) is 24.3 Å². The average Bonchev–Trinajstić information content (AvgIpc) is 2.74. The minimum atomic E-state index is -0.0614. The van der Waals surface area contributed by atoms with Crippen molar-refractivity contribution in [2.24, 2.45) is 0 Å². The number of anilines is 2. The van der Waals surface area contributed by atoms with E-state index in [1.54, 1.807) is 0 Å². The molecule has 0 aliphatic rings. The summed E-state index contributed by atoms with van der Waals surface area (Å²) in [5.74, 6) is -0.0614. The molecule has 2 aromatic rings. The summed E-state index contributed by atoms with van der Waals surface area (Å²) in [5.41, 5.74) is 5.17. The van der Waals surface area contributed by atoms with Crippen LogP contribution in [0.4, 0.5) is 11.4 Å². The summed E-state index contributed by atoms with van der Waals surface area (Å²) in [6, 6.07) is 8.02. The maximum atomic E-state index is 11.2. The van der Waals surface area contributed by atoms with Crippen LogP contribution in [0.2, 0.25) is 0 Å². The van der Waals surface area contributed by atoms with E-state index in [9.17, 15) is 4.79 Å². The normalized spacial score (nSPS) is 12.0. The number of nitrogens with one attached hydrogen (secondary N) is 2. The quantitative estimate of drug-likeness (QED) is 0.886. The lowest BCUT2D eigenvalue weighted by Gasteiger charge is -2.17. The van der Waals surface area contributed by atoms with E-state index in [1.807, 2.05) is 29.8 Å². The third-order valence-corrected chi connectivity index (χ3v) is 3.75. The van der Waals surface area contributed by atoms with Gasteiger partial charge in [0, 0.05) is 25.2 Å². The maximum absolute atomic E-state index is 11.2. The van der Waals surface area contributed by atoms with Crippen molar-refractivity contribution >= 4 is 17.3 Å². The number of hydrogen-bond acceptors (Lipinski definition) is 3. The molecule has 0 spiro atoms. The van der Waals surface area contributed by atoms with Crippen LogP contribution >= 0.6 is 0 Å². The molecule has 1 aromatic heterocycles. The summed E-state index contributed by atoms with van der Waals surface area (Å²) in [4.78, 5) is 11.2. The number of rotatable bonds is 5. The highest BCUT2D eigenvalue weighted by Gasteiger charge is 2.14. The number of benzene rings is 1. The number of nitrogens with zero attached hydrogens (tertiary/aromatic N) is 2. The van der Waals surface area contributed by atoms with Crippen LogP contribution < -0.4 is 10.6 Å². The lowest BCUT2D eigenvalue weighted by Crippen LogP contribution is -2.10. The van der Waals surface area contributed by atoms with Crippen LogP contribution in [0.5, 0.6) is 0 Å². The molecule has 1 aromatic carbocycles. The van der Waals surface area contributed by atoms with E-state index in [0.29, 0.717) is 0 Å². The Labute approximate surface area is 131 Å². The molecule has 0 fully saturated rings. The summed E-state index contributed by atoms with van der Waals surface area (Å²) >= 11 is 0. The molecule has 22 heavy (non-hydrogen) atoms. The third-order valence-electron chi connectivity index (χ3n) is 3.75. The number of aryl methyl sites for hydroxylation is 2. The number of hydrogen-bond donors (Lipinski definition) is 2. The highest BCUT2D eigenvalue weighted by molar-refractivity contribution is 5.88. The van der Waals surface area contributed by atoms with Gasteiger partial charge in [-0.3, -0.25) is 9.48 Å². The Bertz CT molecular complexity index is 675. The molecule has 1 heterocycles. The molecule has 2 N–H and O–H groups in total. The van der Waals surface area contributed by atoms with Crippen molar-refractivity contribution in [2.45, 2.75) is 47.2 Å². The van der Waals surface area contributed by atoms with E-state index in [-0.39, 0.29) is 11.9 Å². The number of carbonyl (C=O) groups excluding carboxylic acids is 1. The predicted octanol–water partition coefficient (Wildman–Crippen LogP) is 3.65. The SMILES string of the molecule is CCn1nc(C)c(N[C@@H](C)c2cccc(NC(C)=O)c2)c1C. The van der Waals surface area contributed by atoms with Crippen molar-refractivity contribution in [1.82, 2.24) is 9.78 Å². The Morgan fingerprint density at radius 3 is 2.68 bits per heavy atom. The second-order valence-corrected chi connectivity index (χ2v) is 5.53. The van der Waals surface area contributed by atoms with Gasteiger partial charge in [0.2, 0.25) is 5.91 Å². The molecular formula is C17H24N4O. The summed E-state index contributed by atoms with van der Waals surface area (Å²) < 4.78 is 2.00. The van der Waals surface area contributed by atoms with Crippen LogP contribution in [0.3, 0.4) is 0 Å². The Morgan fingerprint density at radius 2 is 2.09 bits per heavy atom. The van der Waals surface area contributed by atoms with Gasteiger partial charge in [0.15, 0.2) is 0 Å². The van der Waals surface area contributed by atoms with E-state index in [2.05, 4.69) is 42.6 Å². The second-order valence-electron chi connectivity index (χ2n) is 5.53. The van der Waals surface area contributed by atoms with Crippen LogP contribution in [-0.4, -0.2) is 15.7 Å². The monoisotopic (exact) mass is 300 g/mol. The Kier molecular flexibility index (Phi) is 4.85. The molecule has 0 radical (unpaired) electrons. The Hall–Kier alpha value is -2.30. The van der Waals surface area contributed by atoms with E-state index < -0.39 is 0 Å². The number of aromatic nitrogens is 2. The molecular weight excluding hydrogens is 276 g/mol. The molecule has 0 unspecified atom stereocenters. The Morgan fingerprint density at radius 1 is 1.36 bits per heavy atom. The molecule has 5 nitrogen and oxygen atoms in total. The summed E-state index contributed by atoms with van der Waals surface area (Å²) in [7, 11) is 0. The van der Waals surface area contributed by atoms with Crippen molar-refractivity contribution < 1.29 is 4.79 Å². The van der Waals surface area contributed by atoms with E-state index in [0.717, 1.165) is 34.9 Å².